The first-order valence-electron chi connectivity index (χ1n) is 11.5. The van der Waals surface area contributed by atoms with Crippen LogP contribution in [0.1, 0.15) is 30.0 Å². The van der Waals surface area contributed by atoms with Crippen LogP contribution in [0.2, 0.25) is 5.02 Å². The second kappa shape index (κ2) is 13.2. The fourth-order valence-corrected chi connectivity index (χ4v) is 4.56. The van der Waals surface area contributed by atoms with E-state index in [-0.39, 0.29) is 17.6 Å². The maximum absolute atomic E-state index is 13.6. The average Bonchev–Trinajstić information content (AvgIpc) is 2.85. The van der Waals surface area contributed by atoms with Crippen molar-refractivity contribution >= 4 is 35.2 Å². The first kappa shape index (κ1) is 25.9. The van der Waals surface area contributed by atoms with Crippen LogP contribution in [0.4, 0.5) is 0 Å². The summed E-state index contributed by atoms with van der Waals surface area (Å²) in [6.45, 7) is 5.01. The fourth-order valence-electron chi connectivity index (χ4n) is 3.65. The van der Waals surface area contributed by atoms with Crippen LogP contribution < -0.4 is 5.32 Å². The van der Waals surface area contributed by atoms with E-state index in [4.69, 9.17) is 11.6 Å². The zero-order valence-electron chi connectivity index (χ0n) is 19.7. The van der Waals surface area contributed by atoms with E-state index in [2.05, 4.69) is 5.32 Å². The highest BCUT2D eigenvalue weighted by molar-refractivity contribution is 8.00. The molecule has 0 aliphatic carbocycles. The van der Waals surface area contributed by atoms with Crippen molar-refractivity contribution in [3.8, 4) is 0 Å². The molecule has 0 heterocycles. The summed E-state index contributed by atoms with van der Waals surface area (Å²) in [5.74, 6) is 0.0414. The molecule has 34 heavy (non-hydrogen) atoms. The number of thioether (sulfide) groups is 1. The van der Waals surface area contributed by atoms with Gasteiger partial charge in [0.05, 0.1) is 5.75 Å². The molecule has 0 aliphatic heterocycles. The van der Waals surface area contributed by atoms with Gasteiger partial charge in [-0.2, -0.15) is 0 Å². The standard InChI is InChI=1S/C28H31ClN2O2S/c1-3-17-30-28(33)26(18-22-10-5-4-6-11-22)31(19-23-12-8-7-9-21(23)2)27(32)20-34-25-15-13-24(29)14-16-25/h4-16,26H,3,17-20H2,1-2H3,(H,30,33)/t26-/m0/s1. The van der Waals surface area contributed by atoms with Crippen LogP contribution in [-0.2, 0) is 22.6 Å². The van der Waals surface area contributed by atoms with Crippen molar-refractivity contribution in [3.05, 3.63) is 101 Å². The molecule has 0 spiro atoms. The van der Waals surface area contributed by atoms with E-state index < -0.39 is 6.04 Å². The molecule has 4 nitrogen and oxygen atoms in total. The van der Waals surface area contributed by atoms with Crippen molar-refractivity contribution in [1.29, 1.82) is 0 Å². The van der Waals surface area contributed by atoms with Crippen molar-refractivity contribution in [2.45, 2.75) is 44.2 Å². The molecule has 0 aromatic heterocycles. The Bertz CT molecular complexity index is 1070. The molecule has 3 rings (SSSR count). The number of amides is 2. The Morgan fingerprint density at radius 1 is 0.971 bits per heavy atom. The van der Waals surface area contributed by atoms with Gasteiger partial charge in [0, 0.05) is 29.4 Å². The summed E-state index contributed by atoms with van der Waals surface area (Å²) < 4.78 is 0. The second-order valence-corrected chi connectivity index (χ2v) is 9.67. The van der Waals surface area contributed by atoms with Crippen LogP contribution >= 0.6 is 23.4 Å². The third kappa shape index (κ3) is 7.64. The molecule has 0 fully saturated rings. The zero-order chi connectivity index (χ0) is 24.3. The summed E-state index contributed by atoms with van der Waals surface area (Å²) in [6, 6.07) is 24.7. The number of benzene rings is 3. The topological polar surface area (TPSA) is 49.4 Å². The van der Waals surface area contributed by atoms with Gasteiger partial charge in [0.15, 0.2) is 0 Å². The van der Waals surface area contributed by atoms with Gasteiger partial charge in [-0.25, -0.2) is 0 Å². The summed E-state index contributed by atoms with van der Waals surface area (Å²) in [5.41, 5.74) is 3.15. The zero-order valence-corrected chi connectivity index (χ0v) is 21.2. The van der Waals surface area contributed by atoms with Gasteiger partial charge in [-0.3, -0.25) is 9.59 Å². The monoisotopic (exact) mass is 494 g/mol. The number of carbonyl (C=O) groups excluding carboxylic acids is 2. The molecule has 0 unspecified atom stereocenters. The average molecular weight is 495 g/mol. The Morgan fingerprint density at radius 2 is 1.65 bits per heavy atom. The molecule has 1 atom stereocenters. The van der Waals surface area contributed by atoms with Gasteiger partial charge in [0.1, 0.15) is 6.04 Å². The van der Waals surface area contributed by atoms with Gasteiger partial charge < -0.3 is 10.2 Å². The molecule has 0 saturated heterocycles. The highest BCUT2D eigenvalue weighted by atomic mass is 35.5. The first-order chi connectivity index (χ1) is 16.5. The smallest absolute Gasteiger partial charge is 0.243 e. The molecule has 0 bridgehead atoms. The maximum Gasteiger partial charge on any atom is 0.243 e. The Hall–Kier alpha value is -2.76. The lowest BCUT2D eigenvalue weighted by Gasteiger charge is -2.32. The maximum atomic E-state index is 13.6. The van der Waals surface area contributed by atoms with E-state index in [1.165, 1.54) is 11.8 Å². The minimum absolute atomic E-state index is 0.0733. The van der Waals surface area contributed by atoms with Gasteiger partial charge in [-0.05, 0) is 54.3 Å². The summed E-state index contributed by atoms with van der Waals surface area (Å²) in [5, 5.41) is 3.67. The second-order valence-electron chi connectivity index (χ2n) is 8.19. The lowest BCUT2D eigenvalue weighted by Crippen LogP contribution is -2.51. The van der Waals surface area contributed by atoms with E-state index in [1.807, 2.05) is 92.7 Å². The van der Waals surface area contributed by atoms with E-state index in [9.17, 15) is 9.59 Å². The summed E-state index contributed by atoms with van der Waals surface area (Å²) in [4.78, 5) is 29.6. The molecule has 0 aliphatic rings. The van der Waals surface area contributed by atoms with Crippen LogP contribution in [0.5, 0.6) is 0 Å². The van der Waals surface area contributed by atoms with Gasteiger partial charge in [-0.1, -0.05) is 73.1 Å². The van der Waals surface area contributed by atoms with E-state index in [1.54, 1.807) is 4.90 Å². The molecule has 3 aromatic rings. The van der Waals surface area contributed by atoms with Gasteiger partial charge in [-0.15, -0.1) is 11.8 Å². The van der Waals surface area contributed by atoms with E-state index in [0.29, 0.717) is 24.5 Å². The van der Waals surface area contributed by atoms with Gasteiger partial charge in [0.2, 0.25) is 11.8 Å². The molecule has 0 saturated carbocycles. The largest absolute Gasteiger partial charge is 0.354 e. The summed E-state index contributed by atoms with van der Waals surface area (Å²) >= 11 is 7.45. The number of carbonyl (C=O) groups is 2. The summed E-state index contributed by atoms with van der Waals surface area (Å²) in [6.07, 6.45) is 1.29. The minimum atomic E-state index is -0.605. The summed E-state index contributed by atoms with van der Waals surface area (Å²) in [7, 11) is 0. The van der Waals surface area contributed by atoms with Crippen LogP contribution in [-0.4, -0.2) is 35.1 Å². The third-order valence-corrected chi connectivity index (χ3v) is 6.85. The Kier molecular flexibility index (Phi) is 10.0. The molecule has 2 amide bonds. The van der Waals surface area contributed by atoms with E-state index >= 15 is 0 Å². The predicted molar refractivity (Wildman–Crippen MR) is 141 cm³/mol. The molecule has 6 heteroatoms. The molecule has 1 N–H and O–H groups in total. The van der Waals surface area contributed by atoms with Gasteiger partial charge >= 0.3 is 0 Å². The number of aryl methyl sites for hydroxylation is 1. The Morgan fingerprint density at radius 3 is 2.32 bits per heavy atom. The molecule has 0 radical (unpaired) electrons. The van der Waals surface area contributed by atoms with Crippen LogP contribution in [0.15, 0.2) is 83.8 Å². The van der Waals surface area contributed by atoms with Crippen LogP contribution in [0.25, 0.3) is 0 Å². The molecule has 178 valence electrons. The molecular weight excluding hydrogens is 464 g/mol. The van der Waals surface area contributed by atoms with Crippen molar-refractivity contribution in [2.75, 3.05) is 12.3 Å². The third-order valence-electron chi connectivity index (χ3n) is 5.60. The SMILES string of the molecule is CCCNC(=O)[C@H](Cc1ccccc1)N(Cc1ccccc1C)C(=O)CSc1ccc(Cl)cc1. The Balaban J connectivity index is 1.89. The van der Waals surface area contributed by atoms with Crippen molar-refractivity contribution < 1.29 is 9.59 Å². The highest BCUT2D eigenvalue weighted by Crippen LogP contribution is 2.23. The van der Waals surface area contributed by atoms with Crippen molar-refractivity contribution in [1.82, 2.24) is 10.2 Å². The number of halogens is 1. The normalized spacial score (nSPS) is 11.6. The number of rotatable bonds is 11. The van der Waals surface area contributed by atoms with Crippen molar-refractivity contribution in [2.24, 2.45) is 0 Å². The quantitative estimate of drug-likeness (QED) is 0.337. The predicted octanol–water partition coefficient (Wildman–Crippen LogP) is 5.91. The van der Waals surface area contributed by atoms with E-state index in [0.717, 1.165) is 28.0 Å². The van der Waals surface area contributed by atoms with Crippen molar-refractivity contribution in [3.63, 3.8) is 0 Å². The molecular formula is C28H31ClN2O2S. The lowest BCUT2D eigenvalue weighted by atomic mass is 10.0. The number of hydrogen-bond acceptors (Lipinski definition) is 3. The van der Waals surface area contributed by atoms with Crippen LogP contribution in [0, 0.1) is 6.92 Å². The van der Waals surface area contributed by atoms with Crippen LogP contribution in [0.3, 0.4) is 0 Å². The lowest BCUT2D eigenvalue weighted by molar-refractivity contribution is -0.139. The molecule has 3 aromatic carbocycles. The highest BCUT2D eigenvalue weighted by Gasteiger charge is 2.30. The Labute approximate surface area is 211 Å². The number of hydrogen-bond donors (Lipinski definition) is 1. The first-order valence-corrected chi connectivity index (χ1v) is 12.9. The van der Waals surface area contributed by atoms with Gasteiger partial charge in [0.25, 0.3) is 0 Å². The fraction of sp³-hybridized carbons (Fsp3) is 0.286. The number of nitrogens with one attached hydrogen (secondary N) is 1. The minimum Gasteiger partial charge on any atom is -0.354 e. The number of nitrogens with zero attached hydrogens (tertiary/aromatic N) is 1.